The zero-order valence-corrected chi connectivity index (χ0v) is 12.8. The molecule has 1 atom stereocenters. The summed E-state index contributed by atoms with van der Waals surface area (Å²) in [6, 6.07) is 9.19. The Hall–Kier alpha value is -2.42. The molecule has 2 aromatic heterocycles. The van der Waals surface area contributed by atoms with Crippen molar-refractivity contribution in [3.05, 3.63) is 53.3 Å². The van der Waals surface area contributed by atoms with Crippen molar-refractivity contribution in [2.75, 3.05) is 5.32 Å². The molecule has 0 amide bonds. The third-order valence-electron chi connectivity index (χ3n) is 3.17. The molecule has 0 fully saturated rings. The highest BCUT2D eigenvalue weighted by atomic mass is 32.1. The summed E-state index contributed by atoms with van der Waals surface area (Å²) in [4.78, 5) is 0. The maximum absolute atomic E-state index is 12.5. The van der Waals surface area contributed by atoms with Gasteiger partial charge >= 0.3 is 6.18 Å². The number of hydrogen-bond donors (Lipinski definition) is 1. The van der Waals surface area contributed by atoms with Gasteiger partial charge in [0.05, 0.1) is 11.7 Å². The third-order valence-corrected chi connectivity index (χ3v) is 4.07. The molecule has 3 aromatic rings. The molecule has 9 heteroatoms. The van der Waals surface area contributed by atoms with E-state index in [1.165, 1.54) is 0 Å². The highest BCUT2D eigenvalue weighted by Gasteiger charge is 2.35. The molecular weight excluding hydrogens is 327 g/mol. The van der Waals surface area contributed by atoms with Gasteiger partial charge in [-0.25, -0.2) is 4.68 Å². The van der Waals surface area contributed by atoms with Crippen LogP contribution < -0.4 is 5.32 Å². The summed E-state index contributed by atoms with van der Waals surface area (Å²) in [7, 11) is 0. The van der Waals surface area contributed by atoms with E-state index in [-0.39, 0.29) is 11.2 Å². The van der Waals surface area contributed by atoms with E-state index in [1.54, 1.807) is 10.9 Å². The summed E-state index contributed by atoms with van der Waals surface area (Å²) in [6.45, 7) is 1.84. The average Bonchev–Trinajstić information content (AvgIpc) is 3.18. The first kappa shape index (κ1) is 15.5. The number of rotatable bonds is 4. The van der Waals surface area contributed by atoms with E-state index >= 15 is 0 Å². The molecule has 1 N–H and O–H groups in total. The monoisotopic (exact) mass is 339 g/mol. The average molecular weight is 339 g/mol. The lowest BCUT2D eigenvalue weighted by atomic mass is 10.1. The molecule has 0 spiro atoms. The molecule has 0 saturated heterocycles. The third kappa shape index (κ3) is 3.50. The lowest BCUT2D eigenvalue weighted by molar-refractivity contribution is -0.138. The lowest BCUT2D eigenvalue weighted by Crippen LogP contribution is -2.06. The van der Waals surface area contributed by atoms with Crippen LogP contribution in [0.5, 0.6) is 0 Å². The van der Waals surface area contributed by atoms with Crippen molar-refractivity contribution >= 4 is 16.5 Å². The number of nitrogens with zero attached hydrogens (tertiary/aromatic N) is 4. The Morgan fingerprint density at radius 1 is 1.17 bits per heavy atom. The minimum absolute atomic E-state index is 0.140. The Bertz CT molecular complexity index is 765. The number of alkyl halides is 3. The van der Waals surface area contributed by atoms with Gasteiger partial charge in [-0.2, -0.15) is 18.3 Å². The van der Waals surface area contributed by atoms with Crippen molar-refractivity contribution in [1.29, 1.82) is 0 Å². The van der Waals surface area contributed by atoms with Gasteiger partial charge in [-0.05, 0) is 30.7 Å². The fraction of sp³-hybridized carbons (Fsp3) is 0.214. The quantitative estimate of drug-likeness (QED) is 0.783. The van der Waals surface area contributed by atoms with Crippen molar-refractivity contribution in [2.24, 2.45) is 0 Å². The van der Waals surface area contributed by atoms with E-state index < -0.39 is 11.2 Å². The van der Waals surface area contributed by atoms with E-state index in [2.05, 4.69) is 20.6 Å². The molecule has 120 valence electrons. The number of anilines is 1. The van der Waals surface area contributed by atoms with Gasteiger partial charge in [-0.1, -0.05) is 23.5 Å². The highest BCUT2D eigenvalue weighted by molar-refractivity contribution is 7.15. The van der Waals surface area contributed by atoms with Crippen LogP contribution in [0.15, 0.2) is 42.7 Å². The summed E-state index contributed by atoms with van der Waals surface area (Å²) in [6.07, 6.45) is -0.950. The van der Waals surface area contributed by atoms with Gasteiger partial charge in [0.25, 0.3) is 0 Å². The number of benzene rings is 1. The van der Waals surface area contributed by atoms with Crippen molar-refractivity contribution in [3.63, 3.8) is 0 Å². The summed E-state index contributed by atoms with van der Waals surface area (Å²) in [5.41, 5.74) is 1.82. The fourth-order valence-corrected chi connectivity index (χ4v) is 2.70. The predicted octanol–water partition coefficient (Wildman–Crippen LogP) is 3.92. The minimum atomic E-state index is -4.47. The number of nitrogens with one attached hydrogen (secondary N) is 1. The van der Waals surface area contributed by atoms with E-state index in [9.17, 15) is 13.2 Å². The van der Waals surface area contributed by atoms with Gasteiger partial charge in [0.15, 0.2) is 0 Å². The predicted molar refractivity (Wildman–Crippen MR) is 80.5 cm³/mol. The van der Waals surface area contributed by atoms with E-state index in [4.69, 9.17) is 0 Å². The largest absolute Gasteiger partial charge is 0.445 e. The van der Waals surface area contributed by atoms with Crippen molar-refractivity contribution in [1.82, 2.24) is 20.0 Å². The Morgan fingerprint density at radius 3 is 2.48 bits per heavy atom. The molecule has 0 aliphatic rings. The van der Waals surface area contributed by atoms with Crippen LogP contribution in [-0.2, 0) is 6.18 Å². The number of aromatic nitrogens is 4. The summed E-state index contributed by atoms with van der Waals surface area (Å²) in [5.74, 6) is 0. The SMILES string of the molecule is CC(Nc1nnc(C(F)(F)F)s1)c1ccc(-n2cccn2)cc1. The summed E-state index contributed by atoms with van der Waals surface area (Å²) in [5, 5.41) is 12.9. The molecule has 0 bridgehead atoms. The first-order chi connectivity index (χ1) is 10.9. The summed E-state index contributed by atoms with van der Waals surface area (Å²) < 4.78 is 39.3. The smallest absolute Gasteiger partial charge is 0.354 e. The molecule has 0 aliphatic carbocycles. The van der Waals surface area contributed by atoms with Gasteiger partial charge < -0.3 is 5.32 Å². The van der Waals surface area contributed by atoms with Crippen LogP contribution >= 0.6 is 11.3 Å². The molecular formula is C14H12F3N5S. The van der Waals surface area contributed by atoms with Gasteiger partial charge in [-0.3, -0.25) is 0 Å². The Balaban J connectivity index is 1.71. The Morgan fingerprint density at radius 2 is 1.91 bits per heavy atom. The fourth-order valence-electron chi connectivity index (χ4n) is 2.00. The van der Waals surface area contributed by atoms with Crippen LogP contribution in [0.2, 0.25) is 0 Å². The van der Waals surface area contributed by atoms with Gasteiger partial charge in [-0.15, -0.1) is 10.2 Å². The molecule has 5 nitrogen and oxygen atoms in total. The maximum atomic E-state index is 12.5. The highest BCUT2D eigenvalue weighted by Crippen LogP contribution is 2.34. The molecule has 1 unspecified atom stereocenters. The van der Waals surface area contributed by atoms with Crippen LogP contribution in [-0.4, -0.2) is 20.0 Å². The molecule has 0 radical (unpaired) electrons. The van der Waals surface area contributed by atoms with Gasteiger partial charge in [0, 0.05) is 12.4 Å². The van der Waals surface area contributed by atoms with Crippen LogP contribution in [0.3, 0.4) is 0 Å². The van der Waals surface area contributed by atoms with Crippen molar-refractivity contribution in [3.8, 4) is 5.69 Å². The minimum Gasteiger partial charge on any atom is -0.354 e. The molecule has 0 saturated carbocycles. The first-order valence-electron chi connectivity index (χ1n) is 6.71. The molecule has 2 heterocycles. The van der Waals surface area contributed by atoms with Crippen LogP contribution in [0.4, 0.5) is 18.3 Å². The second-order valence-electron chi connectivity index (χ2n) is 4.82. The second kappa shape index (κ2) is 5.99. The summed E-state index contributed by atoms with van der Waals surface area (Å²) >= 11 is 0.492. The Kier molecular flexibility index (Phi) is 4.03. The molecule has 3 rings (SSSR count). The van der Waals surface area contributed by atoms with Crippen molar-refractivity contribution in [2.45, 2.75) is 19.1 Å². The zero-order chi connectivity index (χ0) is 16.4. The van der Waals surface area contributed by atoms with Crippen LogP contribution in [0.1, 0.15) is 23.5 Å². The molecule has 23 heavy (non-hydrogen) atoms. The second-order valence-corrected chi connectivity index (χ2v) is 5.80. The van der Waals surface area contributed by atoms with E-state index in [1.807, 2.05) is 43.5 Å². The van der Waals surface area contributed by atoms with Crippen LogP contribution in [0, 0.1) is 0 Å². The van der Waals surface area contributed by atoms with Crippen molar-refractivity contribution < 1.29 is 13.2 Å². The lowest BCUT2D eigenvalue weighted by Gasteiger charge is -2.13. The topological polar surface area (TPSA) is 55.6 Å². The van der Waals surface area contributed by atoms with E-state index in [0.717, 1.165) is 11.3 Å². The number of halogens is 3. The number of hydrogen-bond acceptors (Lipinski definition) is 5. The molecule has 0 aliphatic heterocycles. The van der Waals surface area contributed by atoms with Gasteiger partial charge in [0.1, 0.15) is 0 Å². The first-order valence-corrected chi connectivity index (χ1v) is 7.52. The Labute approximate surface area is 133 Å². The standard InChI is InChI=1S/C14H12F3N5S/c1-9(19-13-21-20-12(23-13)14(15,16)17)10-3-5-11(6-4-10)22-8-2-7-18-22/h2-9H,1H3,(H,19,21). The normalized spacial score (nSPS) is 13.0. The van der Waals surface area contributed by atoms with Crippen LogP contribution in [0.25, 0.3) is 5.69 Å². The maximum Gasteiger partial charge on any atom is 0.445 e. The molecule has 1 aromatic carbocycles. The zero-order valence-electron chi connectivity index (χ0n) is 11.9. The van der Waals surface area contributed by atoms with Gasteiger partial charge in [0.2, 0.25) is 10.1 Å². The van der Waals surface area contributed by atoms with E-state index in [0.29, 0.717) is 11.3 Å².